The van der Waals surface area contributed by atoms with Gasteiger partial charge in [-0.05, 0) is 31.1 Å². The second kappa shape index (κ2) is 5.59. The second-order valence-corrected chi connectivity index (χ2v) is 5.07. The van der Waals surface area contributed by atoms with E-state index in [1.165, 1.54) is 6.07 Å². The topological polar surface area (TPSA) is 78.4 Å². The van der Waals surface area contributed by atoms with E-state index in [4.69, 9.17) is 16.7 Å². The summed E-state index contributed by atoms with van der Waals surface area (Å²) in [6, 6.07) is 4.64. The lowest BCUT2D eigenvalue weighted by molar-refractivity contribution is -0.121. The molecule has 0 aromatic heterocycles. The molecule has 1 amide bonds. The summed E-state index contributed by atoms with van der Waals surface area (Å²) < 4.78 is 0. The number of halogens is 1. The molecule has 1 aromatic rings. The van der Waals surface area contributed by atoms with Crippen LogP contribution < -0.4 is 10.6 Å². The standard InChI is InChI=1S/C13H15ClN2O3/c1-7(8-5-15-6-8)12(17)16-10-4-2-3-9(14)11(10)13(18)19/h2-4,7-8,15H,5-6H2,1H3,(H,16,17)(H,18,19). The molecule has 3 N–H and O–H groups in total. The van der Waals surface area contributed by atoms with Crippen molar-refractivity contribution in [3.8, 4) is 0 Å². The highest BCUT2D eigenvalue weighted by atomic mass is 35.5. The van der Waals surface area contributed by atoms with Crippen LogP contribution in [0.1, 0.15) is 17.3 Å². The molecule has 0 aliphatic carbocycles. The van der Waals surface area contributed by atoms with E-state index in [0.29, 0.717) is 5.92 Å². The van der Waals surface area contributed by atoms with E-state index >= 15 is 0 Å². The Hall–Kier alpha value is -1.59. The fourth-order valence-electron chi connectivity index (χ4n) is 1.97. The molecule has 0 bridgehead atoms. The van der Waals surface area contributed by atoms with Crippen molar-refractivity contribution in [1.82, 2.24) is 5.32 Å². The van der Waals surface area contributed by atoms with Gasteiger partial charge < -0.3 is 15.7 Å². The van der Waals surface area contributed by atoms with E-state index in [-0.39, 0.29) is 28.1 Å². The normalized spacial score (nSPS) is 16.5. The molecule has 1 atom stereocenters. The van der Waals surface area contributed by atoms with Crippen molar-refractivity contribution in [2.24, 2.45) is 11.8 Å². The first-order valence-electron chi connectivity index (χ1n) is 6.04. The van der Waals surface area contributed by atoms with Crippen LogP contribution in [0.2, 0.25) is 5.02 Å². The molecule has 5 nitrogen and oxygen atoms in total. The van der Waals surface area contributed by atoms with Gasteiger partial charge in [0.1, 0.15) is 5.56 Å². The Bertz CT molecular complexity index is 515. The van der Waals surface area contributed by atoms with Gasteiger partial charge in [-0.25, -0.2) is 4.79 Å². The zero-order valence-corrected chi connectivity index (χ0v) is 11.2. The van der Waals surface area contributed by atoms with Crippen molar-refractivity contribution in [2.75, 3.05) is 18.4 Å². The summed E-state index contributed by atoms with van der Waals surface area (Å²) >= 11 is 5.85. The van der Waals surface area contributed by atoms with Gasteiger partial charge in [-0.1, -0.05) is 24.6 Å². The average Bonchev–Trinajstić information content (AvgIpc) is 2.25. The fourth-order valence-corrected chi connectivity index (χ4v) is 2.23. The maximum atomic E-state index is 12.1. The number of rotatable bonds is 4. The van der Waals surface area contributed by atoms with Crippen LogP contribution in [0.3, 0.4) is 0 Å². The smallest absolute Gasteiger partial charge is 0.339 e. The highest BCUT2D eigenvalue weighted by Gasteiger charge is 2.29. The van der Waals surface area contributed by atoms with E-state index in [1.54, 1.807) is 12.1 Å². The minimum atomic E-state index is -1.15. The summed E-state index contributed by atoms with van der Waals surface area (Å²) in [5.74, 6) is -1.20. The second-order valence-electron chi connectivity index (χ2n) is 4.66. The SMILES string of the molecule is CC(C(=O)Nc1cccc(Cl)c1C(=O)O)C1CNC1. The summed E-state index contributed by atoms with van der Waals surface area (Å²) in [5.41, 5.74) is 0.167. The molecule has 19 heavy (non-hydrogen) atoms. The molecule has 1 heterocycles. The van der Waals surface area contributed by atoms with Crippen LogP contribution in [-0.4, -0.2) is 30.1 Å². The minimum Gasteiger partial charge on any atom is -0.478 e. The predicted molar refractivity (Wildman–Crippen MR) is 72.6 cm³/mol. The van der Waals surface area contributed by atoms with Crippen LogP contribution in [0.15, 0.2) is 18.2 Å². The van der Waals surface area contributed by atoms with Gasteiger partial charge in [-0.15, -0.1) is 0 Å². The first-order chi connectivity index (χ1) is 9.00. The summed E-state index contributed by atoms with van der Waals surface area (Å²) in [7, 11) is 0. The molecule has 0 saturated carbocycles. The number of hydrogen-bond acceptors (Lipinski definition) is 3. The molecule has 1 fully saturated rings. The number of carboxylic acid groups (broad SMARTS) is 1. The lowest BCUT2D eigenvalue weighted by atomic mass is 9.88. The molecule has 1 aliphatic heterocycles. The van der Waals surface area contributed by atoms with E-state index in [2.05, 4.69) is 10.6 Å². The molecule has 0 spiro atoms. The quantitative estimate of drug-likeness (QED) is 0.787. The van der Waals surface area contributed by atoms with Crippen molar-refractivity contribution < 1.29 is 14.7 Å². The Kier molecular flexibility index (Phi) is 4.07. The Balaban J connectivity index is 2.16. The first kappa shape index (κ1) is 13.8. The largest absolute Gasteiger partial charge is 0.478 e. The van der Waals surface area contributed by atoms with E-state index in [9.17, 15) is 9.59 Å². The Morgan fingerprint density at radius 2 is 2.16 bits per heavy atom. The third-order valence-corrected chi connectivity index (χ3v) is 3.73. The van der Waals surface area contributed by atoms with Crippen molar-refractivity contribution >= 4 is 29.2 Å². The van der Waals surface area contributed by atoms with Crippen molar-refractivity contribution in [3.05, 3.63) is 28.8 Å². The summed E-state index contributed by atoms with van der Waals surface area (Å²) in [4.78, 5) is 23.2. The van der Waals surface area contributed by atoms with Crippen molar-refractivity contribution in [3.63, 3.8) is 0 Å². The van der Waals surface area contributed by atoms with Gasteiger partial charge in [0.2, 0.25) is 5.91 Å². The zero-order chi connectivity index (χ0) is 14.0. The number of aromatic carboxylic acids is 1. The summed E-state index contributed by atoms with van der Waals surface area (Å²) in [6.45, 7) is 3.47. The Labute approximate surface area is 116 Å². The van der Waals surface area contributed by atoms with Crippen LogP contribution in [0.5, 0.6) is 0 Å². The first-order valence-corrected chi connectivity index (χ1v) is 6.42. The van der Waals surface area contributed by atoms with Crippen molar-refractivity contribution in [1.29, 1.82) is 0 Å². The van der Waals surface area contributed by atoms with E-state index in [0.717, 1.165) is 13.1 Å². The Morgan fingerprint density at radius 3 is 2.68 bits per heavy atom. The molecule has 1 aliphatic rings. The minimum absolute atomic E-state index is 0.0727. The monoisotopic (exact) mass is 282 g/mol. The molecule has 2 rings (SSSR count). The number of hydrogen-bond donors (Lipinski definition) is 3. The van der Waals surface area contributed by atoms with Crippen LogP contribution in [0.25, 0.3) is 0 Å². The fraction of sp³-hybridized carbons (Fsp3) is 0.385. The number of carbonyl (C=O) groups excluding carboxylic acids is 1. The zero-order valence-electron chi connectivity index (χ0n) is 10.4. The maximum Gasteiger partial charge on any atom is 0.339 e. The van der Waals surface area contributed by atoms with Gasteiger partial charge in [-0.3, -0.25) is 4.79 Å². The van der Waals surface area contributed by atoms with Gasteiger partial charge in [0, 0.05) is 5.92 Å². The number of carbonyl (C=O) groups is 2. The average molecular weight is 283 g/mol. The molecule has 102 valence electrons. The van der Waals surface area contributed by atoms with Crippen LogP contribution >= 0.6 is 11.6 Å². The number of benzene rings is 1. The summed E-state index contributed by atoms with van der Waals surface area (Å²) in [6.07, 6.45) is 0. The number of nitrogens with one attached hydrogen (secondary N) is 2. The van der Waals surface area contributed by atoms with E-state index < -0.39 is 5.97 Å². The van der Waals surface area contributed by atoms with Crippen LogP contribution in [-0.2, 0) is 4.79 Å². The Morgan fingerprint density at radius 1 is 1.47 bits per heavy atom. The molecule has 1 aromatic carbocycles. The lowest BCUT2D eigenvalue weighted by Crippen LogP contribution is -2.48. The highest BCUT2D eigenvalue weighted by molar-refractivity contribution is 6.34. The van der Waals surface area contributed by atoms with E-state index in [1.807, 2.05) is 6.92 Å². The molecule has 1 unspecified atom stereocenters. The third kappa shape index (κ3) is 2.88. The lowest BCUT2D eigenvalue weighted by Gasteiger charge is -2.31. The molecule has 6 heteroatoms. The van der Waals surface area contributed by atoms with Crippen molar-refractivity contribution in [2.45, 2.75) is 6.92 Å². The number of carboxylic acids is 1. The van der Waals surface area contributed by atoms with Gasteiger partial charge in [0.05, 0.1) is 10.7 Å². The predicted octanol–water partition coefficient (Wildman–Crippen LogP) is 1.83. The summed E-state index contributed by atoms with van der Waals surface area (Å²) in [5, 5.41) is 15.0. The number of amides is 1. The third-order valence-electron chi connectivity index (χ3n) is 3.42. The molecular formula is C13H15ClN2O3. The molecule has 1 saturated heterocycles. The van der Waals surface area contributed by atoms with Crippen LogP contribution in [0.4, 0.5) is 5.69 Å². The number of anilines is 1. The molecule has 0 radical (unpaired) electrons. The van der Waals surface area contributed by atoms with Gasteiger partial charge >= 0.3 is 5.97 Å². The van der Waals surface area contributed by atoms with Gasteiger partial charge in [0.25, 0.3) is 0 Å². The van der Waals surface area contributed by atoms with Gasteiger partial charge in [0.15, 0.2) is 0 Å². The van der Waals surface area contributed by atoms with Gasteiger partial charge in [-0.2, -0.15) is 0 Å². The highest BCUT2D eigenvalue weighted by Crippen LogP contribution is 2.26. The maximum absolute atomic E-state index is 12.1. The molecular weight excluding hydrogens is 268 g/mol. The van der Waals surface area contributed by atoms with Crippen LogP contribution in [0, 0.1) is 11.8 Å².